The number of rotatable bonds is 9. The van der Waals surface area contributed by atoms with E-state index in [2.05, 4.69) is 19.2 Å². The maximum Gasteiger partial charge on any atom is 0.0587 e. The van der Waals surface area contributed by atoms with Gasteiger partial charge in [-0.3, -0.25) is 0 Å². The van der Waals surface area contributed by atoms with E-state index in [-0.39, 0.29) is 0 Å². The molecule has 1 N–H and O–H groups in total. The lowest BCUT2D eigenvalue weighted by Crippen LogP contribution is -2.23. The molecule has 1 unspecified atom stereocenters. The van der Waals surface area contributed by atoms with Gasteiger partial charge in [-0.1, -0.05) is 26.7 Å². The molecule has 0 aromatic carbocycles. The standard InChI is InChI=1S/C13H27NO/c1-4-6-13(7-5-2)10-12(13)11-14-8-9-15-3/h12,14H,4-11H2,1-3H3. The topological polar surface area (TPSA) is 21.3 Å². The highest BCUT2D eigenvalue weighted by atomic mass is 16.5. The Hall–Kier alpha value is -0.0800. The number of methoxy groups -OCH3 is 1. The molecule has 0 heterocycles. The lowest BCUT2D eigenvalue weighted by atomic mass is 9.92. The van der Waals surface area contributed by atoms with Crippen molar-refractivity contribution in [2.45, 2.75) is 46.0 Å². The minimum Gasteiger partial charge on any atom is -0.383 e. The molecule has 0 aromatic rings. The summed E-state index contributed by atoms with van der Waals surface area (Å²) in [6.07, 6.45) is 6.99. The second-order valence-corrected chi connectivity index (χ2v) is 4.96. The first-order valence-electron chi connectivity index (χ1n) is 6.48. The van der Waals surface area contributed by atoms with Crippen LogP contribution in [0.2, 0.25) is 0 Å². The van der Waals surface area contributed by atoms with Gasteiger partial charge in [0.1, 0.15) is 0 Å². The van der Waals surface area contributed by atoms with E-state index in [1.54, 1.807) is 7.11 Å². The summed E-state index contributed by atoms with van der Waals surface area (Å²) in [6, 6.07) is 0. The van der Waals surface area contributed by atoms with Gasteiger partial charge in [0, 0.05) is 13.7 Å². The van der Waals surface area contributed by atoms with E-state index in [4.69, 9.17) is 4.74 Å². The van der Waals surface area contributed by atoms with Gasteiger partial charge in [-0.25, -0.2) is 0 Å². The monoisotopic (exact) mass is 213 g/mol. The Balaban J connectivity index is 2.15. The van der Waals surface area contributed by atoms with Crippen LogP contribution in [-0.2, 0) is 4.74 Å². The number of hydrogen-bond donors (Lipinski definition) is 1. The molecule has 1 rings (SSSR count). The highest BCUT2D eigenvalue weighted by Gasteiger charge is 2.51. The predicted octanol–water partition coefficient (Wildman–Crippen LogP) is 2.83. The van der Waals surface area contributed by atoms with Gasteiger partial charge >= 0.3 is 0 Å². The van der Waals surface area contributed by atoms with Crippen LogP contribution in [0.5, 0.6) is 0 Å². The van der Waals surface area contributed by atoms with E-state index in [0.717, 1.165) is 19.1 Å². The summed E-state index contributed by atoms with van der Waals surface area (Å²) in [5, 5.41) is 3.49. The normalized spacial score (nSPS) is 23.0. The molecule has 0 saturated heterocycles. The molecular weight excluding hydrogens is 186 g/mol. The number of nitrogens with one attached hydrogen (secondary N) is 1. The molecule has 90 valence electrons. The largest absolute Gasteiger partial charge is 0.383 e. The Labute approximate surface area is 94.8 Å². The molecule has 1 saturated carbocycles. The molecule has 0 amide bonds. The summed E-state index contributed by atoms with van der Waals surface area (Å²) in [4.78, 5) is 0. The van der Waals surface area contributed by atoms with Gasteiger partial charge in [-0.2, -0.15) is 0 Å². The fourth-order valence-electron chi connectivity index (χ4n) is 2.90. The maximum absolute atomic E-state index is 5.03. The van der Waals surface area contributed by atoms with Gasteiger partial charge in [-0.05, 0) is 37.1 Å². The van der Waals surface area contributed by atoms with Crippen LogP contribution in [0.1, 0.15) is 46.0 Å². The van der Waals surface area contributed by atoms with Crippen molar-refractivity contribution in [2.75, 3.05) is 26.8 Å². The van der Waals surface area contributed by atoms with Crippen LogP contribution in [0.15, 0.2) is 0 Å². The van der Waals surface area contributed by atoms with Crippen LogP contribution in [0.3, 0.4) is 0 Å². The zero-order valence-corrected chi connectivity index (χ0v) is 10.6. The van der Waals surface area contributed by atoms with Gasteiger partial charge < -0.3 is 10.1 Å². The molecule has 2 nitrogen and oxygen atoms in total. The SMILES string of the molecule is CCCC1(CCC)CC1CNCCOC. The van der Waals surface area contributed by atoms with E-state index in [1.807, 2.05) is 0 Å². The molecule has 0 bridgehead atoms. The fraction of sp³-hybridized carbons (Fsp3) is 1.00. The second-order valence-electron chi connectivity index (χ2n) is 4.96. The van der Waals surface area contributed by atoms with Gasteiger partial charge in [0.25, 0.3) is 0 Å². The van der Waals surface area contributed by atoms with E-state index in [9.17, 15) is 0 Å². The molecule has 1 fully saturated rings. The average molecular weight is 213 g/mol. The molecule has 2 heteroatoms. The highest BCUT2D eigenvalue weighted by Crippen LogP contribution is 2.58. The molecule has 1 aliphatic rings. The van der Waals surface area contributed by atoms with Crippen molar-refractivity contribution in [1.82, 2.24) is 5.32 Å². The predicted molar refractivity (Wildman–Crippen MR) is 65.1 cm³/mol. The maximum atomic E-state index is 5.03. The molecule has 1 atom stereocenters. The van der Waals surface area contributed by atoms with Crippen LogP contribution >= 0.6 is 0 Å². The Morgan fingerprint density at radius 2 is 1.93 bits per heavy atom. The first-order chi connectivity index (χ1) is 7.29. The van der Waals surface area contributed by atoms with Gasteiger partial charge in [0.2, 0.25) is 0 Å². The van der Waals surface area contributed by atoms with Crippen molar-refractivity contribution in [2.24, 2.45) is 11.3 Å². The molecule has 1 aliphatic carbocycles. The van der Waals surface area contributed by atoms with Gasteiger partial charge in [-0.15, -0.1) is 0 Å². The van der Waals surface area contributed by atoms with Crippen molar-refractivity contribution in [3.63, 3.8) is 0 Å². The van der Waals surface area contributed by atoms with Crippen LogP contribution < -0.4 is 5.32 Å². The molecule has 15 heavy (non-hydrogen) atoms. The molecule has 0 aromatic heterocycles. The lowest BCUT2D eigenvalue weighted by molar-refractivity contribution is 0.198. The van der Waals surface area contributed by atoms with E-state index in [0.29, 0.717) is 5.41 Å². The smallest absolute Gasteiger partial charge is 0.0587 e. The minimum absolute atomic E-state index is 0.712. The van der Waals surface area contributed by atoms with Crippen LogP contribution in [0.25, 0.3) is 0 Å². The van der Waals surface area contributed by atoms with Crippen molar-refractivity contribution in [3.8, 4) is 0 Å². The Morgan fingerprint density at radius 1 is 1.27 bits per heavy atom. The van der Waals surface area contributed by atoms with Crippen molar-refractivity contribution in [1.29, 1.82) is 0 Å². The van der Waals surface area contributed by atoms with Crippen molar-refractivity contribution < 1.29 is 4.74 Å². The highest BCUT2D eigenvalue weighted by molar-refractivity contribution is 5.02. The minimum atomic E-state index is 0.712. The Bertz CT molecular complexity index is 164. The first kappa shape index (κ1) is 13.0. The molecule has 0 radical (unpaired) electrons. The van der Waals surface area contributed by atoms with E-state index < -0.39 is 0 Å². The van der Waals surface area contributed by atoms with Crippen LogP contribution in [0.4, 0.5) is 0 Å². The third-order valence-corrected chi connectivity index (χ3v) is 3.73. The summed E-state index contributed by atoms with van der Waals surface area (Å²) >= 11 is 0. The van der Waals surface area contributed by atoms with Crippen molar-refractivity contribution in [3.05, 3.63) is 0 Å². The molecule has 0 aliphatic heterocycles. The fourth-order valence-corrected chi connectivity index (χ4v) is 2.90. The van der Waals surface area contributed by atoms with E-state index in [1.165, 1.54) is 38.6 Å². The number of hydrogen-bond acceptors (Lipinski definition) is 2. The third-order valence-electron chi connectivity index (χ3n) is 3.73. The summed E-state index contributed by atoms with van der Waals surface area (Å²) in [7, 11) is 1.76. The first-order valence-corrected chi connectivity index (χ1v) is 6.48. The third kappa shape index (κ3) is 3.76. The zero-order valence-electron chi connectivity index (χ0n) is 10.6. The molecule has 0 spiro atoms. The summed E-state index contributed by atoms with van der Waals surface area (Å²) in [5.74, 6) is 0.939. The van der Waals surface area contributed by atoms with Gasteiger partial charge in [0.15, 0.2) is 0 Å². The summed E-state index contributed by atoms with van der Waals surface area (Å²) in [5.41, 5.74) is 0.712. The Morgan fingerprint density at radius 3 is 2.47 bits per heavy atom. The van der Waals surface area contributed by atoms with E-state index >= 15 is 0 Å². The van der Waals surface area contributed by atoms with Gasteiger partial charge in [0.05, 0.1) is 6.61 Å². The quantitative estimate of drug-likeness (QED) is 0.595. The average Bonchev–Trinajstić information content (AvgIpc) is 2.88. The summed E-state index contributed by atoms with van der Waals surface area (Å²) in [6.45, 7) is 7.66. The lowest BCUT2D eigenvalue weighted by Gasteiger charge is -2.15. The number of ether oxygens (including phenoxy) is 1. The summed E-state index contributed by atoms with van der Waals surface area (Å²) < 4.78 is 5.03. The van der Waals surface area contributed by atoms with Crippen molar-refractivity contribution >= 4 is 0 Å². The van der Waals surface area contributed by atoms with Crippen LogP contribution in [-0.4, -0.2) is 26.8 Å². The second kappa shape index (κ2) is 6.49. The zero-order chi connectivity index (χ0) is 11.1. The van der Waals surface area contributed by atoms with Crippen LogP contribution in [0, 0.1) is 11.3 Å². The Kier molecular flexibility index (Phi) is 5.62. The molecular formula is C13H27NO.